The number of rotatable bonds is 6. The first-order valence-electron chi connectivity index (χ1n) is 6.83. The van der Waals surface area contributed by atoms with Crippen LogP contribution >= 0.6 is 0 Å². The number of hydrogen-bond donors (Lipinski definition) is 3. The zero-order chi connectivity index (χ0) is 15.1. The first-order valence-corrected chi connectivity index (χ1v) is 6.83. The average Bonchev–Trinajstić information content (AvgIpc) is 2.45. The molecule has 3 N–H and O–H groups in total. The molecule has 0 spiro atoms. The van der Waals surface area contributed by atoms with Crippen molar-refractivity contribution in [1.82, 2.24) is 10.6 Å². The van der Waals surface area contributed by atoms with Crippen molar-refractivity contribution in [2.24, 2.45) is 0 Å². The van der Waals surface area contributed by atoms with Crippen LogP contribution in [0.4, 0.5) is 5.69 Å². The van der Waals surface area contributed by atoms with E-state index in [1.165, 1.54) is 0 Å². The van der Waals surface area contributed by atoms with E-state index in [4.69, 9.17) is 0 Å². The van der Waals surface area contributed by atoms with Gasteiger partial charge in [0.15, 0.2) is 0 Å². The maximum atomic E-state index is 11.8. The van der Waals surface area contributed by atoms with Crippen molar-refractivity contribution in [3.8, 4) is 0 Å². The standard InChI is InChI=1S/C15H23N3O2/c1-5-11(3)17-9-14(19)18-13-7-6-12(8-10(13)2)15(20)16-4/h6-8,11,17H,5,9H2,1-4H3,(H,16,20)(H,18,19). The van der Waals surface area contributed by atoms with Gasteiger partial charge in [-0.05, 0) is 44.0 Å². The van der Waals surface area contributed by atoms with E-state index < -0.39 is 0 Å². The topological polar surface area (TPSA) is 70.2 Å². The largest absolute Gasteiger partial charge is 0.355 e. The van der Waals surface area contributed by atoms with Gasteiger partial charge in [0, 0.05) is 24.3 Å². The lowest BCUT2D eigenvalue weighted by Gasteiger charge is -2.13. The van der Waals surface area contributed by atoms with Crippen LogP contribution < -0.4 is 16.0 Å². The maximum absolute atomic E-state index is 11.8. The molecule has 110 valence electrons. The molecule has 0 bridgehead atoms. The highest BCUT2D eigenvalue weighted by molar-refractivity contribution is 5.96. The second-order valence-electron chi connectivity index (χ2n) is 4.85. The van der Waals surface area contributed by atoms with Crippen LogP contribution in [0.2, 0.25) is 0 Å². The summed E-state index contributed by atoms with van der Waals surface area (Å²) in [6.45, 7) is 6.25. The Labute approximate surface area is 120 Å². The summed E-state index contributed by atoms with van der Waals surface area (Å²) in [6, 6.07) is 5.53. The lowest BCUT2D eigenvalue weighted by molar-refractivity contribution is -0.115. The quantitative estimate of drug-likeness (QED) is 0.741. The molecule has 1 aromatic carbocycles. The van der Waals surface area contributed by atoms with Gasteiger partial charge in [0.2, 0.25) is 5.91 Å². The first kappa shape index (κ1) is 16.2. The fourth-order valence-corrected chi connectivity index (χ4v) is 1.70. The number of carbonyl (C=O) groups is 2. The Balaban J connectivity index is 2.64. The summed E-state index contributed by atoms with van der Waals surface area (Å²) >= 11 is 0. The Morgan fingerprint density at radius 1 is 1.30 bits per heavy atom. The second kappa shape index (κ2) is 7.65. The Bertz CT molecular complexity index is 486. The molecule has 0 aliphatic rings. The number of anilines is 1. The minimum atomic E-state index is -0.135. The molecule has 1 unspecified atom stereocenters. The van der Waals surface area contributed by atoms with Crippen molar-refractivity contribution in [1.29, 1.82) is 0 Å². The summed E-state index contributed by atoms with van der Waals surface area (Å²) in [5.41, 5.74) is 2.18. The maximum Gasteiger partial charge on any atom is 0.251 e. The molecule has 0 saturated carbocycles. The van der Waals surface area contributed by atoms with E-state index in [1.54, 1.807) is 25.2 Å². The van der Waals surface area contributed by atoms with Gasteiger partial charge in [-0.2, -0.15) is 0 Å². The van der Waals surface area contributed by atoms with Gasteiger partial charge >= 0.3 is 0 Å². The normalized spacial score (nSPS) is 11.8. The monoisotopic (exact) mass is 277 g/mol. The van der Waals surface area contributed by atoms with Crippen LogP contribution in [0.15, 0.2) is 18.2 Å². The van der Waals surface area contributed by atoms with Gasteiger partial charge in [0.25, 0.3) is 5.91 Å². The van der Waals surface area contributed by atoms with Gasteiger partial charge < -0.3 is 16.0 Å². The van der Waals surface area contributed by atoms with Gasteiger partial charge in [-0.3, -0.25) is 9.59 Å². The molecule has 1 atom stereocenters. The molecule has 1 rings (SSSR count). The number of aryl methyl sites for hydroxylation is 1. The molecule has 0 aliphatic carbocycles. The molecular weight excluding hydrogens is 254 g/mol. The third kappa shape index (κ3) is 4.66. The molecule has 2 amide bonds. The number of hydrogen-bond acceptors (Lipinski definition) is 3. The average molecular weight is 277 g/mol. The van der Waals surface area contributed by atoms with E-state index in [0.717, 1.165) is 17.7 Å². The van der Waals surface area contributed by atoms with Crippen molar-refractivity contribution < 1.29 is 9.59 Å². The predicted molar refractivity (Wildman–Crippen MR) is 81.0 cm³/mol. The van der Waals surface area contributed by atoms with Crippen molar-refractivity contribution in [2.45, 2.75) is 33.2 Å². The highest BCUT2D eigenvalue weighted by atomic mass is 16.2. The molecule has 20 heavy (non-hydrogen) atoms. The number of nitrogens with one attached hydrogen (secondary N) is 3. The van der Waals surface area contributed by atoms with Gasteiger partial charge in [-0.25, -0.2) is 0 Å². The highest BCUT2D eigenvalue weighted by Gasteiger charge is 2.09. The van der Waals surface area contributed by atoms with Crippen LogP contribution in [0.25, 0.3) is 0 Å². The van der Waals surface area contributed by atoms with Gasteiger partial charge in [0.05, 0.1) is 6.54 Å². The van der Waals surface area contributed by atoms with Gasteiger partial charge in [0.1, 0.15) is 0 Å². The van der Waals surface area contributed by atoms with Crippen LogP contribution in [0.1, 0.15) is 36.2 Å². The predicted octanol–water partition coefficient (Wildman–Crippen LogP) is 1.68. The molecular formula is C15H23N3O2. The van der Waals surface area contributed by atoms with E-state index in [0.29, 0.717) is 11.6 Å². The smallest absolute Gasteiger partial charge is 0.251 e. The molecule has 5 nitrogen and oxygen atoms in total. The summed E-state index contributed by atoms with van der Waals surface area (Å²) in [5, 5.41) is 8.55. The van der Waals surface area contributed by atoms with Crippen LogP contribution in [-0.4, -0.2) is 31.4 Å². The third-order valence-electron chi connectivity index (χ3n) is 3.21. The summed E-state index contributed by atoms with van der Waals surface area (Å²) in [4.78, 5) is 23.3. The Morgan fingerprint density at radius 2 is 2.00 bits per heavy atom. The van der Waals surface area contributed by atoms with Crippen molar-refractivity contribution in [3.05, 3.63) is 29.3 Å². The Morgan fingerprint density at radius 3 is 2.55 bits per heavy atom. The molecule has 0 aromatic heterocycles. The van der Waals surface area contributed by atoms with Crippen LogP contribution in [0.3, 0.4) is 0 Å². The van der Waals surface area contributed by atoms with Crippen molar-refractivity contribution in [3.63, 3.8) is 0 Å². The van der Waals surface area contributed by atoms with E-state index in [-0.39, 0.29) is 18.4 Å². The van der Waals surface area contributed by atoms with E-state index in [9.17, 15) is 9.59 Å². The zero-order valence-corrected chi connectivity index (χ0v) is 12.5. The molecule has 1 aromatic rings. The van der Waals surface area contributed by atoms with Crippen LogP contribution in [0, 0.1) is 6.92 Å². The van der Waals surface area contributed by atoms with Crippen LogP contribution in [0.5, 0.6) is 0 Å². The highest BCUT2D eigenvalue weighted by Crippen LogP contribution is 2.16. The number of benzene rings is 1. The summed E-state index contributed by atoms with van der Waals surface area (Å²) < 4.78 is 0. The van der Waals surface area contributed by atoms with Crippen LogP contribution in [-0.2, 0) is 4.79 Å². The molecule has 0 aliphatic heterocycles. The fraction of sp³-hybridized carbons (Fsp3) is 0.467. The van der Waals surface area contributed by atoms with Crippen molar-refractivity contribution >= 4 is 17.5 Å². The fourth-order valence-electron chi connectivity index (χ4n) is 1.70. The molecule has 0 saturated heterocycles. The minimum Gasteiger partial charge on any atom is -0.355 e. The van der Waals surface area contributed by atoms with Crippen molar-refractivity contribution in [2.75, 3.05) is 18.9 Å². The summed E-state index contributed by atoms with van der Waals surface area (Å²) in [5.74, 6) is -0.217. The third-order valence-corrected chi connectivity index (χ3v) is 3.21. The number of amides is 2. The number of carbonyl (C=O) groups excluding carboxylic acids is 2. The summed E-state index contributed by atoms with van der Waals surface area (Å²) in [7, 11) is 1.59. The first-order chi connectivity index (χ1) is 9.47. The Hall–Kier alpha value is -1.88. The minimum absolute atomic E-state index is 0.0823. The zero-order valence-electron chi connectivity index (χ0n) is 12.5. The molecule has 5 heteroatoms. The van der Waals surface area contributed by atoms with E-state index >= 15 is 0 Å². The second-order valence-corrected chi connectivity index (χ2v) is 4.85. The lowest BCUT2D eigenvalue weighted by Crippen LogP contribution is -2.34. The lowest BCUT2D eigenvalue weighted by atomic mass is 10.1. The van der Waals surface area contributed by atoms with E-state index in [1.807, 2.05) is 13.8 Å². The molecule has 0 fully saturated rings. The Kier molecular flexibility index (Phi) is 6.18. The molecule has 0 radical (unpaired) electrons. The van der Waals surface area contributed by atoms with Gasteiger partial charge in [-0.1, -0.05) is 6.92 Å². The SMILES string of the molecule is CCC(C)NCC(=O)Nc1ccc(C(=O)NC)cc1C. The molecule has 0 heterocycles. The van der Waals surface area contributed by atoms with E-state index in [2.05, 4.69) is 22.9 Å². The van der Waals surface area contributed by atoms with Gasteiger partial charge in [-0.15, -0.1) is 0 Å². The summed E-state index contributed by atoms with van der Waals surface area (Å²) in [6.07, 6.45) is 0.979.